The first kappa shape index (κ1) is 14.6. The Labute approximate surface area is 104 Å². The predicted molar refractivity (Wildman–Crippen MR) is 67.2 cm³/mol. The van der Waals surface area contributed by atoms with Gasteiger partial charge in [0, 0.05) is 26.1 Å². The van der Waals surface area contributed by atoms with Gasteiger partial charge in [0.05, 0.1) is 19.8 Å². The second kappa shape index (κ2) is 8.61. The molecule has 0 aromatic carbocycles. The van der Waals surface area contributed by atoms with E-state index in [9.17, 15) is 4.79 Å². The maximum Gasteiger partial charge on any atom is 0.131 e. The van der Waals surface area contributed by atoms with E-state index < -0.39 is 0 Å². The van der Waals surface area contributed by atoms with Gasteiger partial charge < -0.3 is 9.47 Å². The van der Waals surface area contributed by atoms with E-state index in [1.54, 1.807) is 14.0 Å². The third kappa shape index (κ3) is 6.15. The minimum Gasteiger partial charge on any atom is -0.382 e. The van der Waals surface area contributed by atoms with Crippen molar-refractivity contribution in [2.75, 3.05) is 40.0 Å². The van der Waals surface area contributed by atoms with E-state index in [-0.39, 0.29) is 0 Å². The molecule has 1 rings (SSSR count). The highest BCUT2D eigenvalue weighted by Crippen LogP contribution is 2.19. The van der Waals surface area contributed by atoms with Crippen LogP contribution < -0.4 is 0 Å². The maximum absolute atomic E-state index is 11.2. The third-order valence-electron chi connectivity index (χ3n) is 3.23. The van der Waals surface area contributed by atoms with Gasteiger partial charge in [0.2, 0.25) is 0 Å². The van der Waals surface area contributed by atoms with Crippen molar-refractivity contribution in [1.29, 1.82) is 0 Å². The van der Waals surface area contributed by atoms with Crippen molar-refractivity contribution >= 4 is 5.78 Å². The average molecular weight is 243 g/mol. The SMILES string of the molecule is COCCOCCN1CCCCC1CC(C)=O. The molecule has 0 radical (unpaired) electrons. The normalized spacial score (nSPS) is 21.6. The number of piperidine rings is 1. The van der Waals surface area contributed by atoms with Gasteiger partial charge in [-0.25, -0.2) is 0 Å². The molecule has 100 valence electrons. The van der Waals surface area contributed by atoms with Crippen molar-refractivity contribution in [3.05, 3.63) is 0 Å². The third-order valence-corrected chi connectivity index (χ3v) is 3.23. The van der Waals surface area contributed by atoms with Crippen molar-refractivity contribution in [2.24, 2.45) is 0 Å². The van der Waals surface area contributed by atoms with E-state index in [1.165, 1.54) is 12.8 Å². The second-order valence-corrected chi connectivity index (χ2v) is 4.70. The number of ketones is 1. The molecule has 0 aromatic heterocycles. The van der Waals surface area contributed by atoms with Crippen LogP contribution >= 0.6 is 0 Å². The summed E-state index contributed by atoms with van der Waals surface area (Å²) in [6.07, 6.45) is 4.33. The maximum atomic E-state index is 11.2. The Balaban J connectivity index is 2.20. The van der Waals surface area contributed by atoms with Crippen LogP contribution in [0.5, 0.6) is 0 Å². The molecule has 1 saturated heterocycles. The predicted octanol–water partition coefficient (Wildman–Crippen LogP) is 1.48. The highest BCUT2D eigenvalue weighted by Gasteiger charge is 2.22. The lowest BCUT2D eigenvalue weighted by molar-refractivity contribution is -0.118. The molecule has 0 amide bonds. The number of Topliss-reactive ketones (excluding diaryl/α,β-unsaturated/α-hetero) is 1. The summed E-state index contributed by atoms with van der Waals surface area (Å²) in [7, 11) is 1.68. The second-order valence-electron chi connectivity index (χ2n) is 4.70. The van der Waals surface area contributed by atoms with Crippen molar-refractivity contribution in [3.63, 3.8) is 0 Å². The number of carbonyl (C=O) groups is 1. The first-order valence-electron chi connectivity index (χ1n) is 6.54. The van der Waals surface area contributed by atoms with E-state index in [4.69, 9.17) is 9.47 Å². The Morgan fingerprint density at radius 2 is 2.12 bits per heavy atom. The average Bonchev–Trinajstić information content (AvgIpc) is 2.30. The van der Waals surface area contributed by atoms with Gasteiger partial charge in [0.15, 0.2) is 0 Å². The summed E-state index contributed by atoms with van der Waals surface area (Å²) in [5.41, 5.74) is 0. The molecule has 1 heterocycles. The van der Waals surface area contributed by atoms with E-state index in [0.29, 0.717) is 31.5 Å². The first-order valence-corrected chi connectivity index (χ1v) is 6.54. The van der Waals surface area contributed by atoms with Gasteiger partial charge in [-0.2, -0.15) is 0 Å². The molecule has 0 saturated carbocycles. The lowest BCUT2D eigenvalue weighted by atomic mass is 9.98. The number of ether oxygens (including phenoxy) is 2. The van der Waals surface area contributed by atoms with Crippen LogP contribution in [0.1, 0.15) is 32.6 Å². The van der Waals surface area contributed by atoms with Gasteiger partial charge in [-0.15, -0.1) is 0 Å². The van der Waals surface area contributed by atoms with Gasteiger partial charge in [-0.3, -0.25) is 9.69 Å². The fourth-order valence-electron chi connectivity index (χ4n) is 2.34. The van der Waals surface area contributed by atoms with Crippen LogP contribution in [0.3, 0.4) is 0 Å². The zero-order valence-electron chi connectivity index (χ0n) is 11.1. The lowest BCUT2D eigenvalue weighted by Crippen LogP contribution is -2.42. The van der Waals surface area contributed by atoms with Crippen LogP contribution in [0.25, 0.3) is 0 Å². The fourth-order valence-corrected chi connectivity index (χ4v) is 2.34. The number of carbonyl (C=O) groups excluding carboxylic acids is 1. The quantitative estimate of drug-likeness (QED) is 0.605. The smallest absolute Gasteiger partial charge is 0.131 e. The summed E-state index contributed by atoms with van der Waals surface area (Å²) in [6, 6.07) is 0.437. The Hall–Kier alpha value is -0.450. The first-order chi connectivity index (χ1) is 8.24. The van der Waals surface area contributed by atoms with Gasteiger partial charge in [0.25, 0.3) is 0 Å². The summed E-state index contributed by atoms with van der Waals surface area (Å²) in [6.45, 7) is 5.76. The van der Waals surface area contributed by atoms with Gasteiger partial charge >= 0.3 is 0 Å². The Morgan fingerprint density at radius 1 is 1.29 bits per heavy atom. The summed E-state index contributed by atoms with van der Waals surface area (Å²) >= 11 is 0. The largest absolute Gasteiger partial charge is 0.382 e. The molecule has 0 N–H and O–H groups in total. The van der Waals surface area contributed by atoms with Crippen molar-refractivity contribution < 1.29 is 14.3 Å². The molecule has 1 fully saturated rings. The molecule has 1 atom stereocenters. The molecule has 17 heavy (non-hydrogen) atoms. The number of hydrogen-bond donors (Lipinski definition) is 0. The van der Waals surface area contributed by atoms with Crippen LogP contribution in [0.15, 0.2) is 0 Å². The molecule has 4 heteroatoms. The number of methoxy groups -OCH3 is 1. The van der Waals surface area contributed by atoms with Crippen LogP contribution in [-0.2, 0) is 14.3 Å². The molecular weight excluding hydrogens is 218 g/mol. The Morgan fingerprint density at radius 3 is 2.82 bits per heavy atom. The van der Waals surface area contributed by atoms with Crippen LogP contribution in [0.4, 0.5) is 0 Å². The lowest BCUT2D eigenvalue weighted by Gasteiger charge is -2.35. The molecule has 0 aliphatic carbocycles. The molecule has 1 unspecified atom stereocenters. The minimum atomic E-state index is 0.294. The molecule has 0 bridgehead atoms. The van der Waals surface area contributed by atoms with Crippen molar-refractivity contribution in [1.82, 2.24) is 4.90 Å². The highest BCUT2D eigenvalue weighted by molar-refractivity contribution is 5.76. The number of hydrogen-bond acceptors (Lipinski definition) is 4. The van der Waals surface area contributed by atoms with E-state index in [2.05, 4.69) is 4.90 Å². The van der Waals surface area contributed by atoms with Crippen molar-refractivity contribution in [3.8, 4) is 0 Å². The summed E-state index contributed by atoms with van der Waals surface area (Å²) in [5, 5.41) is 0. The molecule has 0 spiro atoms. The van der Waals surface area contributed by atoms with Gasteiger partial charge in [0.1, 0.15) is 5.78 Å². The van der Waals surface area contributed by atoms with Crippen LogP contribution in [0, 0.1) is 0 Å². The van der Waals surface area contributed by atoms with Crippen LogP contribution in [-0.4, -0.2) is 56.7 Å². The minimum absolute atomic E-state index is 0.294. The van der Waals surface area contributed by atoms with Gasteiger partial charge in [-0.05, 0) is 26.3 Å². The van der Waals surface area contributed by atoms with Crippen molar-refractivity contribution in [2.45, 2.75) is 38.6 Å². The summed E-state index contributed by atoms with van der Waals surface area (Å²) in [4.78, 5) is 13.6. The van der Waals surface area contributed by atoms with Gasteiger partial charge in [-0.1, -0.05) is 6.42 Å². The Kier molecular flexibility index (Phi) is 7.40. The number of nitrogens with zero attached hydrogens (tertiary/aromatic N) is 1. The summed E-state index contributed by atoms with van der Waals surface area (Å²) < 4.78 is 10.4. The molecule has 4 nitrogen and oxygen atoms in total. The molecular formula is C13H25NO3. The van der Waals surface area contributed by atoms with Crippen LogP contribution in [0.2, 0.25) is 0 Å². The standard InChI is InChI=1S/C13H25NO3/c1-12(15)11-13-5-3-4-6-14(13)7-8-17-10-9-16-2/h13H,3-11H2,1-2H3. The fraction of sp³-hybridized carbons (Fsp3) is 0.923. The van der Waals surface area contributed by atoms with E-state index in [1.807, 2.05) is 0 Å². The Bertz CT molecular complexity index is 221. The number of likely N-dealkylation sites (tertiary alicyclic amines) is 1. The number of rotatable bonds is 8. The summed E-state index contributed by atoms with van der Waals surface area (Å²) in [5.74, 6) is 0.294. The molecule has 1 aliphatic heterocycles. The van der Waals surface area contributed by atoms with E-state index >= 15 is 0 Å². The molecule has 0 aromatic rings. The zero-order valence-corrected chi connectivity index (χ0v) is 11.1. The zero-order chi connectivity index (χ0) is 12.5. The van der Waals surface area contributed by atoms with E-state index in [0.717, 1.165) is 26.1 Å². The highest BCUT2D eigenvalue weighted by atomic mass is 16.5. The topological polar surface area (TPSA) is 38.8 Å². The molecule has 1 aliphatic rings. The monoisotopic (exact) mass is 243 g/mol.